The Morgan fingerprint density at radius 3 is 1.71 bits per heavy atom. The molecule has 596 valence electrons. The van der Waals surface area contributed by atoms with Gasteiger partial charge in [-0.1, -0.05) is 80.1 Å². The summed E-state index contributed by atoms with van der Waals surface area (Å²) >= 11 is 6.38. The van der Waals surface area contributed by atoms with Crippen molar-refractivity contribution in [3.63, 3.8) is 0 Å². The molecule has 3 aliphatic heterocycles. The molecule has 105 heavy (non-hydrogen) atoms. The van der Waals surface area contributed by atoms with Crippen LogP contribution in [0.5, 0.6) is 0 Å². The van der Waals surface area contributed by atoms with E-state index < -0.39 is 224 Å². The van der Waals surface area contributed by atoms with Crippen molar-refractivity contribution >= 4 is 88.4 Å². The van der Waals surface area contributed by atoms with Gasteiger partial charge in [-0.3, -0.25) is 62.3 Å². The summed E-state index contributed by atoms with van der Waals surface area (Å²) in [5.41, 5.74) is -2.03. The van der Waals surface area contributed by atoms with E-state index in [-0.39, 0.29) is 56.8 Å². The SMILES string of the molecule is CC[C@H](C)[C@@H]1NC(=O)[C@H](CC(C)C)N(C)C(=O)C[C@@H](C(=O)N2CCCCC2)N(C)C(=O)[C@H](C(C)C)N(C)C(=O)C(C)(C)NC(=O)[C@H](CC(=O)N2CCC(F)(F)CC2)N(C)C(=O)[C@H](CCC2CCC(C(F)(F)F)C(Cl)C2)NC(=O)CN(C)C(=O)[C@H](CC2CCCCC2)N(C)C(=O)CN(C)C(=O)CN(C)C1=O. The van der Waals surface area contributed by atoms with Gasteiger partial charge in [-0.2, -0.15) is 13.2 Å². The number of likely N-dealkylation sites (N-methyl/N-ethyl adjacent to an activating group) is 8. The first kappa shape index (κ1) is 88.7. The average Bonchev–Trinajstić information content (AvgIpc) is 0.807. The Morgan fingerprint density at radius 1 is 0.581 bits per heavy atom. The van der Waals surface area contributed by atoms with Crippen LogP contribution in [0.15, 0.2) is 0 Å². The minimum atomic E-state index is -4.59. The van der Waals surface area contributed by atoms with Crippen LogP contribution in [0.25, 0.3) is 0 Å². The Bertz CT molecular complexity index is 3070. The lowest BCUT2D eigenvalue weighted by Crippen LogP contribution is -2.64. The number of nitrogens with one attached hydrogen (secondary N) is 3. The molecule has 0 bridgehead atoms. The second-order valence-corrected chi connectivity index (χ2v) is 32.2. The summed E-state index contributed by atoms with van der Waals surface area (Å²) < 4.78 is 71.4. The van der Waals surface area contributed by atoms with E-state index in [9.17, 15) is 65.1 Å². The maximum absolute atomic E-state index is 15.4. The maximum atomic E-state index is 15.4. The number of halogens is 6. The summed E-state index contributed by atoms with van der Waals surface area (Å²) in [6, 6.07) is -10.1. The van der Waals surface area contributed by atoms with E-state index in [1.165, 1.54) is 73.0 Å². The zero-order chi connectivity index (χ0) is 79.1. The largest absolute Gasteiger partial charge is 0.393 e. The first-order valence-corrected chi connectivity index (χ1v) is 37.9. The standard InChI is InChI=1S/C73H119ClF5N13O13/c1-17-46(6)61-68(103)85(11)42-59(96)83(9)43-60(97)87(13)54(38-47-24-20-18-21-25-47)66(101)84(10)41-56(93)80-51(29-27-48-26-28-49(50(74)37-48)73(77,78)79)65(100)88(14)53(39-58(95)91-34-30-72(75,76)31-35-91)64(99)82-71(7,8)70(105)90(16)62(45(4)5)69(104)89(15)55(67(102)92-32-22-19-23-33-92)40-57(94)86(12)52(36-44(2)3)63(98)81-61/h44-55,61-62H,17-43H2,1-16H3,(H,80,93)(H,81,98)(H,82,99)/t46-,48?,49?,50?,51-,52-,53-,54-,55-,61-,62-/m0/s1. The molecule has 32 heteroatoms. The van der Waals surface area contributed by atoms with Gasteiger partial charge in [-0.25, -0.2) is 8.78 Å². The fraction of sp³-hybridized carbons (Fsp3) is 0.822. The molecular formula is C73H119ClF5N13O13. The highest BCUT2D eigenvalue weighted by Crippen LogP contribution is 2.44. The molecule has 0 aromatic heterocycles. The van der Waals surface area contributed by atoms with Crippen molar-refractivity contribution in [1.82, 2.24) is 64.9 Å². The van der Waals surface area contributed by atoms with Crippen LogP contribution < -0.4 is 16.0 Å². The highest BCUT2D eigenvalue weighted by molar-refractivity contribution is 6.21. The number of rotatable bonds is 13. The normalized spacial score (nSPS) is 28.5. The number of piperidine rings is 2. The predicted molar refractivity (Wildman–Crippen MR) is 383 cm³/mol. The van der Waals surface area contributed by atoms with Crippen molar-refractivity contribution < 1.29 is 84.3 Å². The van der Waals surface area contributed by atoms with Gasteiger partial charge in [-0.05, 0) is 108 Å². The lowest BCUT2D eigenvalue weighted by molar-refractivity contribution is -0.182. The molecule has 2 saturated carbocycles. The fourth-order valence-corrected chi connectivity index (χ4v) is 15.6. The second kappa shape index (κ2) is 38.7. The highest BCUT2D eigenvalue weighted by atomic mass is 35.5. The summed E-state index contributed by atoms with van der Waals surface area (Å²) in [6.07, 6.45) is -1.46. The van der Waals surface area contributed by atoms with Crippen LogP contribution in [0, 0.1) is 35.5 Å². The number of hydrogen-bond acceptors (Lipinski definition) is 13. The summed E-state index contributed by atoms with van der Waals surface area (Å²) in [5, 5.41) is 6.85. The number of alkyl halides is 6. The van der Waals surface area contributed by atoms with E-state index in [1.807, 2.05) is 13.8 Å². The zero-order valence-corrected chi connectivity index (χ0v) is 65.5. The molecule has 26 nitrogen and oxygen atoms in total. The van der Waals surface area contributed by atoms with E-state index in [0.717, 1.165) is 79.9 Å². The Hall–Kier alpha value is -6.95. The van der Waals surface area contributed by atoms with E-state index in [2.05, 4.69) is 16.0 Å². The molecule has 0 spiro atoms. The maximum Gasteiger partial charge on any atom is 0.393 e. The lowest BCUT2D eigenvalue weighted by Gasteiger charge is -2.41. The fourth-order valence-electron chi connectivity index (χ4n) is 15.1. The van der Waals surface area contributed by atoms with Crippen LogP contribution in [0.1, 0.15) is 184 Å². The minimum Gasteiger partial charge on any atom is -0.343 e. The Morgan fingerprint density at radius 2 is 1.15 bits per heavy atom. The molecule has 3 N–H and O–H groups in total. The summed E-state index contributed by atoms with van der Waals surface area (Å²) in [7, 11) is 10.5. The quantitative estimate of drug-likeness (QED) is 0.152. The van der Waals surface area contributed by atoms with Crippen LogP contribution in [-0.2, 0) is 62.3 Å². The van der Waals surface area contributed by atoms with Gasteiger partial charge in [0.25, 0.3) is 5.92 Å². The van der Waals surface area contributed by atoms with Crippen molar-refractivity contribution in [3.8, 4) is 0 Å². The van der Waals surface area contributed by atoms with Gasteiger partial charge < -0.3 is 64.9 Å². The molecule has 3 saturated heterocycles. The van der Waals surface area contributed by atoms with Gasteiger partial charge in [0.1, 0.15) is 47.8 Å². The van der Waals surface area contributed by atoms with Crippen molar-refractivity contribution in [2.75, 3.05) is 102 Å². The minimum absolute atomic E-state index is 0.000334. The first-order chi connectivity index (χ1) is 48.8. The Balaban J connectivity index is 1.65. The van der Waals surface area contributed by atoms with Crippen LogP contribution in [-0.4, -0.2) is 293 Å². The molecule has 0 aromatic rings. The number of carbonyl (C=O) groups is 13. The van der Waals surface area contributed by atoms with Gasteiger partial charge in [0.05, 0.1) is 38.4 Å². The molecular weight excluding hydrogens is 1400 g/mol. The van der Waals surface area contributed by atoms with E-state index in [1.54, 1.807) is 32.6 Å². The Kier molecular flexibility index (Phi) is 32.7. The summed E-state index contributed by atoms with van der Waals surface area (Å²) in [5.74, 6) is -17.4. The summed E-state index contributed by atoms with van der Waals surface area (Å²) in [4.78, 5) is 204. The van der Waals surface area contributed by atoms with Crippen LogP contribution in [0.4, 0.5) is 22.0 Å². The lowest BCUT2D eigenvalue weighted by atomic mass is 9.78. The van der Waals surface area contributed by atoms with Crippen LogP contribution >= 0.6 is 11.6 Å². The predicted octanol–water partition coefficient (Wildman–Crippen LogP) is 5.51. The van der Waals surface area contributed by atoms with Crippen molar-refractivity contribution in [3.05, 3.63) is 0 Å². The first-order valence-electron chi connectivity index (χ1n) is 37.5. The Labute approximate surface area is 621 Å². The monoisotopic (exact) mass is 1520 g/mol. The van der Waals surface area contributed by atoms with Crippen molar-refractivity contribution in [1.29, 1.82) is 0 Å². The molecule has 0 aromatic carbocycles. The average molecular weight is 1520 g/mol. The molecule has 11 atom stereocenters. The third kappa shape index (κ3) is 24.3. The van der Waals surface area contributed by atoms with E-state index in [4.69, 9.17) is 11.6 Å². The van der Waals surface area contributed by atoms with Crippen molar-refractivity contribution in [2.24, 2.45) is 35.5 Å². The third-order valence-electron chi connectivity index (χ3n) is 22.2. The molecule has 2 aliphatic carbocycles. The molecule has 5 fully saturated rings. The van der Waals surface area contributed by atoms with Crippen LogP contribution in [0.3, 0.4) is 0 Å². The molecule has 0 radical (unpaired) electrons. The second-order valence-electron chi connectivity index (χ2n) is 31.6. The van der Waals surface area contributed by atoms with Crippen molar-refractivity contribution in [2.45, 2.75) is 249 Å². The number of hydrogen-bond donors (Lipinski definition) is 3. The number of carbonyl (C=O) groups excluding carboxylic acids is 13. The van der Waals surface area contributed by atoms with Gasteiger partial charge in [0, 0.05) is 101 Å². The summed E-state index contributed by atoms with van der Waals surface area (Å²) in [6.45, 7) is 10.9. The highest BCUT2D eigenvalue weighted by Gasteiger charge is 2.49. The van der Waals surface area contributed by atoms with E-state index >= 15 is 19.2 Å². The number of nitrogens with zero attached hydrogens (tertiary/aromatic N) is 10. The van der Waals surface area contributed by atoms with E-state index in [0.29, 0.717) is 32.4 Å². The van der Waals surface area contributed by atoms with Gasteiger partial charge in [0.15, 0.2) is 0 Å². The van der Waals surface area contributed by atoms with Gasteiger partial charge >= 0.3 is 6.18 Å². The van der Waals surface area contributed by atoms with Crippen LogP contribution in [0.2, 0.25) is 0 Å². The van der Waals surface area contributed by atoms with Gasteiger partial charge in [-0.15, -0.1) is 11.6 Å². The number of amides is 13. The third-order valence-corrected chi connectivity index (χ3v) is 22.7. The molecule has 5 rings (SSSR count). The number of likely N-dealkylation sites (tertiary alicyclic amines) is 2. The molecule has 3 unspecified atom stereocenters. The van der Waals surface area contributed by atoms with Gasteiger partial charge in [0.2, 0.25) is 76.8 Å². The topological polar surface area (TPSA) is 290 Å². The molecule has 5 aliphatic rings. The molecule has 3 heterocycles. The smallest absolute Gasteiger partial charge is 0.343 e. The zero-order valence-electron chi connectivity index (χ0n) is 64.7. The molecule has 13 amide bonds.